The van der Waals surface area contributed by atoms with Crippen LogP contribution in [-0.4, -0.2) is 31.5 Å². The van der Waals surface area contributed by atoms with Gasteiger partial charge in [-0.25, -0.2) is 9.50 Å². The quantitative estimate of drug-likeness (QED) is 0.903. The first-order chi connectivity index (χ1) is 12.2. The first-order valence-corrected chi connectivity index (χ1v) is 8.76. The zero-order valence-electron chi connectivity index (χ0n) is 15.0. The lowest BCUT2D eigenvalue weighted by Crippen LogP contribution is -2.41. The molecule has 142 valence electrons. The third kappa shape index (κ3) is 3.66. The number of hydrogen-bond acceptors (Lipinski definition) is 4. The predicted octanol–water partition coefficient (Wildman–Crippen LogP) is 3.00. The van der Waals surface area contributed by atoms with Crippen molar-refractivity contribution >= 4 is 11.7 Å². The molecule has 2 atom stereocenters. The summed E-state index contributed by atoms with van der Waals surface area (Å²) in [5.74, 6) is -1.06. The van der Waals surface area contributed by atoms with Crippen LogP contribution in [0.25, 0.3) is 5.78 Å². The zero-order valence-corrected chi connectivity index (χ0v) is 15.0. The van der Waals surface area contributed by atoms with E-state index >= 15 is 0 Å². The van der Waals surface area contributed by atoms with Gasteiger partial charge in [0, 0.05) is 23.0 Å². The fourth-order valence-electron chi connectivity index (χ4n) is 3.53. The molecule has 6 nitrogen and oxygen atoms in total. The van der Waals surface area contributed by atoms with E-state index in [9.17, 15) is 18.0 Å². The zero-order chi connectivity index (χ0) is 19.1. The number of nitrogens with zero attached hydrogens (tertiary/aromatic N) is 4. The van der Waals surface area contributed by atoms with Crippen molar-refractivity contribution in [3.05, 3.63) is 22.8 Å². The van der Waals surface area contributed by atoms with Crippen molar-refractivity contribution in [1.29, 1.82) is 0 Å². The van der Waals surface area contributed by atoms with Crippen molar-refractivity contribution < 1.29 is 18.0 Å². The van der Waals surface area contributed by atoms with Crippen LogP contribution in [0.4, 0.5) is 13.2 Å². The van der Waals surface area contributed by atoms with E-state index in [1.807, 2.05) is 0 Å². The highest BCUT2D eigenvalue weighted by Gasteiger charge is 2.37. The van der Waals surface area contributed by atoms with E-state index in [1.54, 1.807) is 13.8 Å². The van der Waals surface area contributed by atoms with Gasteiger partial charge in [-0.3, -0.25) is 4.79 Å². The number of halogens is 3. The number of carbonyl (C=O) groups excluding carboxylic acids is 1. The van der Waals surface area contributed by atoms with E-state index in [1.165, 1.54) is 6.42 Å². The van der Waals surface area contributed by atoms with E-state index in [0.29, 0.717) is 22.9 Å². The largest absolute Gasteiger partial charge is 0.453 e. The van der Waals surface area contributed by atoms with Crippen molar-refractivity contribution in [2.45, 2.75) is 65.1 Å². The topological polar surface area (TPSA) is 72.2 Å². The van der Waals surface area contributed by atoms with Crippen molar-refractivity contribution in [3.8, 4) is 0 Å². The average Bonchev–Trinajstić information content (AvgIpc) is 2.98. The molecule has 2 aromatic rings. The van der Waals surface area contributed by atoms with E-state index in [2.05, 4.69) is 27.3 Å². The van der Waals surface area contributed by atoms with Gasteiger partial charge in [-0.1, -0.05) is 19.8 Å². The smallest absolute Gasteiger partial charge is 0.353 e. The van der Waals surface area contributed by atoms with Gasteiger partial charge in [-0.05, 0) is 32.6 Å². The third-order valence-corrected chi connectivity index (χ3v) is 5.10. The minimum atomic E-state index is -4.64. The molecule has 1 fully saturated rings. The molecule has 1 aliphatic carbocycles. The van der Waals surface area contributed by atoms with Crippen LogP contribution in [0.15, 0.2) is 0 Å². The van der Waals surface area contributed by atoms with Gasteiger partial charge in [0.25, 0.3) is 11.6 Å². The highest BCUT2D eigenvalue weighted by atomic mass is 19.4. The lowest BCUT2D eigenvalue weighted by atomic mass is 9.86. The molecule has 0 bridgehead atoms. The molecule has 1 amide bonds. The fourth-order valence-corrected chi connectivity index (χ4v) is 3.53. The Labute approximate surface area is 149 Å². The first-order valence-electron chi connectivity index (χ1n) is 8.76. The van der Waals surface area contributed by atoms with Crippen molar-refractivity contribution in [3.63, 3.8) is 0 Å². The second kappa shape index (κ2) is 6.85. The second-order valence-electron chi connectivity index (χ2n) is 7.02. The van der Waals surface area contributed by atoms with Gasteiger partial charge in [0.1, 0.15) is 0 Å². The number of aryl methyl sites for hydroxylation is 2. The number of aromatic nitrogens is 4. The van der Waals surface area contributed by atoms with Crippen LogP contribution in [0.5, 0.6) is 0 Å². The summed E-state index contributed by atoms with van der Waals surface area (Å²) in [5, 5.41) is 6.56. The summed E-state index contributed by atoms with van der Waals surface area (Å²) < 4.78 is 39.6. The Morgan fingerprint density at radius 1 is 1.23 bits per heavy atom. The standard InChI is InChI=1S/C17H22F3N5O/c1-9-6-4-5-7-13(9)22-14(26)8-12-10(2)21-16-23-15(17(18,19)20)24-25(16)11(12)3/h9,13H,4-8H2,1-3H3,(H,22,26)/t9-,13-/m0/s1. The van der Waals surface area contributed by atoms with Gasteiger partial charge >= 0.3 is 6.18 Å². The molecule has 2 heterocycles. The Morgan fingerprint density at radius 2 is 1.92 bits per heavy atom. The number of alkyl halides is 3. The summed E-state index contributed by atoms with van der Waals surface area (Å²) in [6, 6.07) is 0.150. The molecule has 0 aromatic carbocycles. The summed E-state index contributed by atoms with van der Waals surface area (Å²) in [6.07, 6.45) is -0.246. The van der Waals surface area contributed by atoms with Crippen LogP contribution in [0.3, 0.4) is 0 Å². The van der Waals surface area contributed by atoms with E-state index in [0.717, 1.165) is 23.8 Å². The first kappa shape index (κ1) is 18.6. The highest BCUT2D eigenvalue weighted by molar-refractivity contribution is 5.79. The highest BCUT2D eigenvalue weighted by Crippen LogP contribution is 2.27. The Morgan fingerprint density at radius 3 is 2.58 bits per heavy atom. The Kier molecular flexibility index (Phi) is 4.90. The monoisotopic (exact) mass is 369 g/mol. The van der Waals surface area contributed by atoms with Crippen LogP contribution < -0.4 is 5.32 Å². The molecule has 26 heavy (non-hydrogen) atoms. The number of rotatable bonds is 3. The lowest BCUT2D eigenvalue weighted by Gasteiger charge is -2.29. The molecule has 0 radical (unpaired) electrons. The molecule has 1 N–H and O–H groups in total. The maximum Gasteiger partial charge on any atom is 0.453 e. The Bertz CT molecular complexity index is 830. The van der Waals surface area contributed by atoms with Crippen molar-refractivity contribution in [2.75, 3.05) is 0 Å². The average molecular weight is 369 g/mol. The number of hydrogen-bond donors (Lipinski definition) is 1. The maximum absolute atomic E-state index is 12.8. The fraction of sp³-hybridized carbons (Fsp3) is 0.647. The number of amides is 1. The van der Waals surface area contributed by atoms with Crippen LogP contribution in [-0.2, 0) is 17.4 Å². The Balaban J connectivity index is 1.84. The summed E-state index contributed by atoms with van der Waals surface area (Å²) >= 11 is 0. The van der Waals surface area contributed by atoms with Crippen LogP contribution in [0, 0.1) is 19.8 Å². The minimum Gasteiger partial charge on any atom is -0.353 e. The second-order valence-corrected chi connectivity index (χ2v) is 7.02. The maximum atomic E-state index is 12.8. The molecule has 0 unspecified atom stereocenters. The molecule has 3 rings (SSSR count). The van der Waals surface area contributed by atoms with E-state index in [4.69, 9.17) is 0 Å². The lowest BCUT2D eigenvalue weighted by molar-refractivity contribution is -0.144. The molecule has 0 spiro atoms. The van der Waals surface area contributed by atoms with Crippen LogP contribution in [0.2, 0.25) is 0 Å². The summed E-state index contributed by atoms with van der Waals surface area (Å²) in [4.78, 5) is 20.0. The SMILES string of the molecule is Cc1nc2nc(C(F)(F)F)nn2c(C)c1CC(=O)N[C@H]1CCCC[C@@H]1C. The van der Waals surface area contributed by atoms with Crippen molar-refractivity contribution in [1.82, 2.24) is 24.9 Å². The van der Waals surface area contributed by atoms with Gasteiger partial charge in [-0.15, -0.1) is 5.10 Å². The normalized spacial score (nSPS) is 21.2. The van der Waals surface area contributed by atoms with Gasteiger partial charge in [0.15, 0.2) is 0 Å². The summed E-state index contributed by atoms with van der Waals surface area (Å²) in [6.45, 7) is 5.42. The van der Waals surface area contributed by atoms with Gasteiger partial charge < -0.3 is 5.32 Å². The van der Waals surface area contributed by atoms with Crippen molar-refractivity contribution in [2.24, 2.45) is 5.92 Å². The van der Waals surface area contributed by atoms with Crippen LogP contribution >= 0.6 is 0 Å². The van der Waals surface area contributed by atoms with Gasteiger partial charge in [0.2, 0.25) is 5.91 Å². The van der Waals surface area contributed by atoms with Gasteiger partial charge in [-0.2, -0.15) is 18.2 Å². The number of carbonyl (C=O) groups is 1. The molecule has 9 heteroatoms. The molecule has 1 saturated carbocycles. The number of nitrogens with one attached hydrogen (secondary N) is 1. The molecule has 0 saturated heterocycles. The molecular formula is C17H22F3N5O. The Hall–Kier alpha value is -2.19. The molecule has 1 aliphatic rings. The molecular weight excluding hydrogens is 347 g/mol. The number of fused-ring (bicyclic) bond motifs is 1. The summed E-state index contributed by atoms with van der Waals surface area (Å²) in [7, 11) is 0. The van der Waals surface area contributed by atoms with Crippen LogP contribution in [0.1, 0.15) is 55.4 Å². The third-order valence-electron chi connectivity index (χ3n) is 5.10. The van der Waals surface area contributed by atoms with Gasteiger partial charge in [0.05, 0.1) is 6.42 Å². The van der Waals surface area contributed by atoms with E-state index in [-0.39, 0.29) is 24.1 Å². The minimum absolute atomic E-state index is 0.0606. The molecule has 0 aliphatic heterocycles. The summed E-state index contributed by atoms with van der Waals surface area (Å²) in [5.41, 5.74) is 1.52. The molecule has 2 aromatic heterocycles. The predicted molar refractivity (Wildman–Crippen MR) is 88.5 cm³/mol. The van der Waals surface area contributed by atoms with E-state index < -0.39 is 12.0 Å².